The molecule has 60 heavy (non-hydrogen) atoms. The summed E-state index contributed by atoms with van der Waals surface area (Å²) in [7, 11) is 11.0. The number of unbranched alkanes of at least 4 members (excludes halogenated alkanes) is 2. The van der Waals surface area contributed by atoms with Crippen LogP contribution in [-0.4, -0.2) is 136 Å². The van der Waals surface area contributed by atoms with E-state index < -0.39 is 29.7 Å². The molecule has 15 nitrogen and oxygen atoms in total. The number of benzene rings is 2. The number of carbonyl (C=O) groups excluding carboxylic acids is 6. The molecule has 16 heteroatoms. The Labute approximate surface area is 354 Å². The van der Waals surface area contributed by atoms with Gasteiger partial charge in [-0.2, -0.15) is 0 Å². The first kappa shape index (κ1) is 44.0. The highest BCUT2D eigenvalue weighted by Crippen LogP contribution is 2.40. The third kappa shape index (κ3) is 9.88. The van der Waals surface area contributed by atoms with Crippen LogP contribution >= 0.6 is 11.3 Å². The van der Waals surface area contributed by atoms with Gasteiger partial charge in [0, 0.05) is 68.4 Å². The molecule has 0 bridgehead atoms. The lowest BCUT2D eigenvalue weighted by atomic mass is 9.99. The van der Waals surface area contributed by atoms with E-state index >= 15 is 0 Å². The Morgan fingerprint density at radius 2 is 1.65 bits per heavy atom. The van der Waals surface area contributed by atoms with Crippen LogP contribution in [0.5, 0.6) is 17.2 Å². The van der Waals surface area contributed by atoms with E-state index in [-0.39, 0.29) is 35.9 Å². The fraction of sp³-hybridized carbons (Fsp3) is 0.455. The minimum atomic E-state index is -1.03. The Morgan fingerprint density at radius 3 is 2.28 bits per heavy atom. The number of amides is 5. The minimum Gasteiger partial charge on any atom is -0.496 e. The van der Waals surface area contributed by atoms with Crippen LogP contribution in [0.4, 0.5) is 0 Å². The van der Waals surface area contributed by atoms with Crippen molar-refractivity contribution in [1.82, 2.24) is 30.2 Å². The SMILES string of the molecule is COc1cc(/C(=C/N(C)C)c2sc(C(=O)NC3CCN(CCCCCOc4cccc5c4C(=O)N(C4CCC(=O)NC4=O)C5=O)CC3)cc2C=O)cc(OC)c1CN(C)C. The summed E-state index contributed by atoms with van der Waals surface area (Å²) in [6.45, 7) is 3.56. The number of ether oxygens (including phenoxy) is 3. The number of nitrogens with one attached hydrogen (secondary N) is 2. The molecule has 1 unspecified atom stereocenters. The van der Waals surface area contributed by atoms with E-state index in [2.05, 4.69) is 15.5 Å². The van der Waals surface area contributed by atoms with Gasteiger partial charge in [-0.1, -0.05) is 6.07 Å². The molecular weight excluding hydrogens is 789 g/mol. The van der Waals surface area contributed by atoms with Crippen molar-refractivity contribution < 1.29 is 43.0 Å². The van der Waals surface area contributed by atoms with E-state index in [0.717, 1.165) is 79.6 Å². The predicted molar refractivity (Wildman–Crippen MR) is 227 cm³/mol. The fourth-order valence-electron chi connectivity index (χ4n) is 7.91. The standard InChI is InChI=1S/C44H54N6O9S/c1-47(2)24-31(27-21-35(57-5)32(25-48(3)4)36(22-27)58-6)40-28(26-51)23-37(60-40)42(54)45-29-15-18-49(19-16-29)17-8-7-9-20-59-34-12-10-11-30-39(34)44(56)50(43(30)55)33-13-14-38(52)46-41(33)53/h10-12,21-24,26,29,33H,7-9,13-20,25H2,1-6H3,(H,45,54)(H,46,52,53)/b31-24-. The topological polar surface area (TPSA) is 167 Å². The highest BCUT2D eigenvalue weighted by atomic mass is 32.1. The summed E-state index contributed by atoms with van der Waals surface area (Å²) in [6, 6.07) is 9.39. The lowest BCUT2D eigenvalue weighted by molar-refractivity contribution is -0.136. The van der Waals surface area contributed by atoms with Crippen molar-refractivity contribution >= 4 is 52.7 Å². The summed E-state index contributed by atoms with van der Waals surface area (Å²) in [5, 5.41) is 5.42. The summed E-state index contributed by atoms with van der Waals surface area (Å²) in [5.41, 5.74) is 3.25. The number of rotatable bonds is 18. The normalized spacial score (nSPS) is 17.5. The Bertz CT molecular complexity index is 2130. The molecule has 0 aliphatic carbocycles. The first-order chi connectivity index (χ1) is 28.8. The lowest BCUT2D eigenvalue weighted by Crippen LogP contribution is -2.54. The zero-order valence-electron chi connectivity index (χ0n) is 35.1. The monoisotopic (exact) mass is 842 g/mol. The summed E-state index contributed by atoms with van der Waals surface area (Å²) >= 11 is 1.29. The third-order valence-electron chi connectivity index (χ3n) is 10.9. The van der Waals surface area contributed by atoms with Gasteiger partial charge in [0.2, 0.25) is 11.8 Å². The van der Waals surface area contributed by atoms with Crippen LogP contribution in [0, 0.1) is 0 Å². The first-order valence-corrected chi connectivity index (χ1v) is 21.0. The molecule has 2 saturated heterocycles. The molecule has 3 aliphatic rings. The highest BCUT2D eigenvalue weighted by molar-refractivity contribution is 7.15. The van der Waals surface area contributed by atoms with Gasteiger partial charge in [0.1, 0.15) is 23.3 Å². The number of carbonyl (C=O) groups is 6. The van der Waals surface area contributed by atoms with Crippen LogP contribution in [0.15, 0.2) is 42.6 Å². The molecule has 320 valence electrons. The van der Waals surface area contributed by atoms with Gasteiger partial charge in [-0.15, -0.1) is 11.3 Å². The number of fused-ring (bicyclic) bond motifs is 1. The Balaban J connectivity index is 0.982. The maximum absolute atomic E-state index is 13.6. The summed E-state index contributed by atoms with van der Waals surface area (Å²) < 4.78 is 17.6. The zero-order chi connectivity index (χ0) is 43.1. The molecule has 6 rings (SSSR count). The van der Waals surface area contributed by atoms with E-state index in [0.29, 0.717) is 45.7 Å². The molecule has 2 N–H and O–H groups in total. The zero-order valence-corrected chi connectivity index (χ0v) is 35.9. The summed E-state index contributed by atoms with van der Waals surface area (Å²) in [6.07, 6.45) is 7.07. The molecule has 4 heterocycles. The van der Waals surface area contributed by atoms with Crippen LogP contribution in [0.2, 0.25) is 0 Å². The fourth-order valence-corrected chi connectivity index (χ4v) is 8.97. The number of hydrogen-bond acceptors (Lipinski definition) is 13. The first-order valence-electron chi connectivity index (χ1n) is 20.2. The van der Waals surface area contributed by atoms with Gasteiger partial charge < -0.3 is 34.2 Å². The summed E-state index contributed by atoms with van der Waals surface area (Å²) in [4.78, 5) is 84.9. The Morgan fingerprint density at radius 1 is 0.933 bits per heavy atom. The highest BCUT2D eigenvalue weighted by Gasteiger charge is 2.46. The molecule has 0 saturated carbocycles. The van der Waals surface area contributed by atoms with Crippen LogP contribution in [0.1, 0.15) is 102 Å². The predicted octanol–water partition coefficient (Wildman–Crippen LogP) is 4.43. The average Bonchev–Trinajstić information content (AvgIpc) is 3.77. The van der Waals surface area contributed by atoms with Crippen molar-refractivity contribution in [3.05, 3.63) is 80.2 Å². The van der Waals surface area contributed by atoms with E-state index in [1.165, 1.54) is 11.3 Å². The number of aldehydes is 1. The Hall–Kier alpha value is -5.58. The number of hydrogen-bond donors (Lipinski definition) is 2. The minimum absolute atomic E-state index is 0.00929. The smallest absolute Gasteiger partial charge is 0.266 e. The van der Waals surface area contributed by atoms with Crippen molar-refractivity contribution in [1.29, 1.82) is 0 Å². The number of piperidine rings is 2. The quantitative estimate of drug-likeness (QED) is 0.105. The van der Waals surface area contributed by atoms with Crippen molar-refractivity contribution in [2.24, 2.45) is 0 Å². The van der Waals surface area contributed by atoms with Gasteiger partial charge in [-0.05, 0) is 95.1 Å². The molecule has 5 amide bonds. The molecule has 3 aliphatic heterocycles. The van der Waals surface area contributed by atoms with Crippen molar-refractivity contribution in [2.45, 2.75) is 63.6 Å². The van der Waals surface area contributed by atoms with Crippen LogP contribution in [0.3, 0.4) is 0 Å². The van der Waals surface area contributed by atoms with Gasteiger partial charge >= 0.3 is 0 Å². The maximum Gasteiger partial charge on any atom is 0.266 e. The van der Waals surface area contributed by atoms with Crippen LogP contribution in [0.25, 0.3) is 5.57 Å². The second-order valence-corrected chi connectivity index (χ2v) is 16.8. The average molecular weight is 843 g/mol. The van der Waals surface area contributed by atoms with Crippen LogP contribution < -0.4 is 24.8 Å². The van der Waals surface area contributed by atoms with Gasteiger partial charge in [0.15, 0.2) is 6.29 Å². The number of nitrogens with zero attached hydrogens (tertiary/aromatic N) is 4. The second kappa shape index (κ2) is 19.7. The van der Waals surface area contributed by atoms with Crippen molar-refractivity contribution in [3.63, 3.8) is 0 Å². The van der Waals surface area contributed by atoms with E-state index in [1.54, 1.807) is 38.5 Å². The maximum atomic E-state index is 13.6. The van der Waals surface area contributed by atoms with Gasteiger partial charge in [-0.3, -0.25) is 39.0 Å². The van der Waals surface area contributed by atoms with E-state index in [4.69, 9.17) is 14.2 Å². The molecule has 2 fully saturated rings. The van der Waals surface area contributed by atoms with E-state index in [1.807, 2.05) is 56.3 Å². The molecule has 3 aromatic rings. The van der Waals surface area contributed by atoms with Crippen molar-refractivity contribution in [2.75, 3.05) is 68.7 Å². The lowest BCUT2D eigenvalue weighted by Gasteiger charge is -2.32. The number of likely N-dealkylation sites (tertiary alicyclic amines) is 1. The number of thiophene rings is 1. The largest absolute Gasteiger partial charge is 0.496 e. The molecule has 0 radical (unpaired) electrons. The number of methoxy groups -OCH3 is 2. The number of imide groups is 2. The van der Waals surface area contributed by atoms with Crippen molar-refractivity contribution in [3.8, 4) is 17.2 Å². The van der Waals surface area contributed by atoms with Gasteiger partial charge in [0.05, 0.1) is 42.4 Å². The summed E-state index contributed by atoms with van der Waals surface area (Å²) in [5.74, 6) is -0.781. The molecule has 2 aromatic carbocycles. The molecule has 1 aromatic heterocycles. The second-order valence-electron chi connectivity index (χ2n) is 15.7. The molecular formula is C44H54N6O9S. The molecule has 1 atom stereocenters. The van der Waals surface area contributed by atoms with Gasteiger partial charge in [-0.25, -0.2) is 0 Å². The molecule has 0 spiro atoms. The van der Waals surface area contributed by atoms with Crippen LogP contribution in [-0.2, 0) is 16.1 Å². The van der Waals surface area contributed by atoms with Gasteiger partial charge in [0.25, 0.3) is 17.7 Å². The Kier molecular flexibility index (Phi) is 14.4. The third-order valence-corrected chi connectivity index (χ3v) is 12.0. The van der Waals surface area contributed by atoms with E-state index in [9.17, 15) is 28.8 Å².